The number of thiazole rings is 1. The number of nitrogens with zero attached hydrogens (tertiary/aromatic N) is 3. The van der Waals surface area contributed by atoms with E-state index in [9.17, 15) is 19.8 Å². The summed E-state index contributed by atoms with van der Waals surface area (Å²) in [6, 6.07) is 4.32. The molecule has 1 aromatic carbocycles. The van der Waals surface area contributed by atoms with Crippen molar-refractivity contribution in [2.75, 3.05) is 39.9 Å². The SMILES string of the molecule is Cc1ncsc1-c1ccc(C(CO)NC(=O)C2CC(O)CN2C(=O)C(C)C(C)C)c(OCCC2CCN(C)CC2)c1. The van der Waals surface area contributed by atoms with E-state index >= 15 is 0 Å². The third kappa shape index (κ3) is 7.66. The Labute approximate surface area is 247 Å². The second-order valence-corrected chi connectivity index (χ2v) is 12.9. The summed E-state index contributed by atoms with van der Waals surface area (Å²) < 4.78 is 6.37. The molecule has 0 radical (unpaired) electrons. The third-order valence-electron chi connectivity index (χ3n) is 8.77. The van der Waals surface area contributed by atoms with Crippen LogP contribution in [0.3, 0.4) is 0 Å². The molecule has 0 spiro atoms. The van der Waals surface area contributed by atoms with Crippen LogP contribution in [0, 0.1) is 24.7 Å². The molecule has 4 atom stereocenters. The van der Waals surface area contributed by atoms with Crippen LogP contribution < -0.4 is 10.1 Å². The van der Waals surface area contributed by atoms with Gasteiger partial charge in [0.05, 0.1) is 41.4 Å². The van der Waals surface area contributed by atoms with Gasteiger partial charge in [0.2, 0.25) is 11.8 Å². The van der Waals surface area contributed by atoms with Gasteiger partial charge in [0.1, 0.15) is 11.8 Å². The first-order valence-electron chi connectivity index (χ1n) is 14.8. The van der Waals surface area contributed by atoms with Crippen molar-refractivity contribution in [3.05, 3.63) is 35.0 Å². The van der Waals surface area contributed by atoms with Crippen LogP contribution in [0.2, 0.25) is 0 Å². The van der Waals surface area contributed by atoms with Gasteiger partial charge in [-0.25, -0.2) is 4.98 Å². The summed E-state index contributed by atoms with van der Waals surface area (Å²) >= 11 is 1.56. The highest BCUT2D eigenvalue weighted by Crippen LogP contribution is 2.35. The lowest BCUT2D eigenvalue weighted by Crippen LogP contribution is -2.49. The Bertz CT molecular complexity index is 1180. The highest BCUT2D eigenvalue weighted by molar-refractivity contribution is 7.13. The van der Waals surface area contributed by atoms with E-state index in [0.717, 1.165) is 48.5 Å². The summed E-state index contributed by atoms with van der Waals surface area (Å²) in [4.78, 5) is 35.9. The fourth-order valence-corrected chi connectivity index (χ4v) is 6.50. The molecule has 3 heterocycles. The van der Waals surface area contributed by atoms with Crippen molar-refractivity contribution in [1.29, 1.82) is 0 Å². The zero-order valence-electron chi connectivity index (χ0n) is 25.0. The molecular formula is C31H46N4O5S. The van der Waals surface area contributed by atoms with E-state index in [0.29, 0.717) is 23.8 Å². The fourth-order valence-electron chi connectivity index (χ4n) is 5.70. The Kier molecular flexibility index (Phi) is 10.8. The molecule has 0 saturated carbocycles. The minimum absolute atomic E-state index is 0.115. The summed E-state index contributed by atoms with van der Waals surface area (Å²) in [7, 11) is 2.15. The van der Waals surface area contributed by atoms with Crippen LogP contribution in [0.1, 0.15) is 63.8 Å². The van der Waals surface area contributed by atoms with E-state index in [4.69, 9.17) is 4.74 Å². The third-order valence-corrected chi connectivity index (χ3v) is 9.75. The number of aliphatic hydroxyl groups excluding tert-OH is 2. The van der Waals surface area contributed by atoms with Crippen LogP contribution in [0.25, 0.3) is 10.4 Å². The molecule has 0 bridgehead atoms. The first-order valence-corrected chi connectivity index (χ1v) is 15.7. The molecule has 3 N–H and O–H groups in total. The molecule has 0 aliphatic carbocycles. The van der Waals surface area contributed by atoms with Gasteiger partial charge in [0.25, 0.3) is 0 Å². The normalized spacial score (nSPS) is 21.7. The summed E-state index contributed by atoms with van der Waals surface area (Å²) in [6.07, 6.45) is 2.66. The molecule has 226 valence electrons. The number of aromatic nitrogens is 1. The van der Waals surface area contributed by atoms with Crippen molar-refractivity contribution in [1.82, 2.24) is 20.1 Å². The lowest BCUT2D eigenvalue weighted by molar-refractivity contribution is -0.142. The maximum absolute atomic E-state index is 13.5. The molecule has 2 saturated heterocycles. The van der Waals surface area contributed by atoms with E-state index in [-0.39, 0.29) is 43.2 Å². The lowest BCUT2D eigenvalue weighted by Gasteiger charge is -2.30. The van der Waals surface area contributed by atoms with Gasteiger partial charge in [0.15, 0.2) is 0 Å². The van der Waals surface area contributed by atoms with Crippen molar-refractivity contribution < 1.29 is 24.5 Å². The van der Waals surface area contributed by atoms with Crippen molar-refractivity contribution in [2.45, 2.75) is 71.6 Å². The summed E-state index contributed by atoms with van der Waals surface area (Å²) in [5.41, 5.74) is 4.41. The van der Waals surface area contributed by atoms with Crippen LogP contribution in [0.4, 0.5) is 0 Å². The molecule has 2 amide bonds. The topological polar surface area (TPSA) is 115 Å². The summed E-state index contributed by atoms with van der Waals surface area (Å²) in [6.45, 7) is 10.3. The van der Waals surface area contributed by atoms with Crippen molar-refractivity contribution >= 4 is 23.2 Å². The van der Waals surface area contributed by atoms with E-state index in [2.05, 4.69) is 22.2 Å². The van der Waals surface area contributed by atoms with Crippen molar-refractivity contribution in [3.63, 3.8) is 0 Å². The number of β-amino-alcohol motifs (C(OH)–C–C–N with tert-alkyl or cyclic N) is 1. The molecule has 41 heavy (non-hydrogen) atoms. The van der Waals surface area contributed by atoms with Crippen LogP contribution in [-0.2, 0) is 9.59 Å². The average molecular weight is 587 g/mol. The number of hydrogen-bond acceptors (Lipinski definition) is 8. The molecule has 2 aliphatic heterocycles. The standard InChI is InChI=1S/C31H46N4O5S/c1-19(2)20(3)31(39)35-16-24(37)15-27(35)30(38)33-26(17-36)25-7-6-23(29-21(4)32-18-41-29)14-28(25)40-13-10-22-8-11-34(5)12-9-22/h6-7,14,18-20,22,24,26-27,36-37H,8-13,15-17H2,1-5H3,(H,33,38). The van der Waals surface area contributed by atoms with Crippen molar-refractivity contribution in [2.24, 2.45) is 17.8 Å². The smallest absolute Gasteiger partial charge is 0.243 e. The molecular weight excluding hydrogens is 540 g/mol. The van der Waals surface area contributed by atoms with E-state index in [1.165, 1.54) is 4.90 Å². The maximum Gasteiger partial charge on any atom is 0.243 e. The van der Waals surface area contributed by atoms with Gasteiger partial charge in [-0.15, -0.1) is 11.3 Å². The number of aliphatic hydroxyl groups is 2. The zero-order valence-corrected chi connectivity index (χ0v) is 25.8. The second-order valence-electron chi connectivity index (χ2n) is 12.1. The number of nitrogens with one attached hydrogen (secondary N) is 1. The monoisotopic (exact) mass is 586 g/mol. The number of amides is 2. The zero-order chi connectivity index (χ0) is 29.7. The largest absolute Gasteiger partial charge is 0.493 e. The lowest BCUT2D eigenvalue weighted by atomic mass is 9.94. The molecule has 4 rings (SSSR count). The summed E-state index contributed by atoms with van der Waals surface area (Å²) in [5, 5.41) is 23.7. The van der Waals surface area contributed by atoms with Crippen LogP contribution >= 0.6 is 11.3 Å². The Morgan fingerprint density at radius 1 is 1.22 bits per heavy atom. The number of benzene rings is 1. The fraction of sp³-hybridized carbons (Fsp3) is 0.645. The number of carbonyl (C=O) groups is 2. The Morgan fingerprint density at radius 2 is 1.95 bits per heavy atom. The minimum Gasteiger partial charge on any atom is -0.493 e. The predicted molar refractivity (Wildman–Crippen MR) is 161 cm³/mol. The van der Waals surface area contributed by atoms with E-state index < -0.39 is 18.2 Å². The molecule has 10 heteroatoms. The van der Waals surface area contributed by atoms with Gasteiger partial charge in [0, 0.05) is 24.4 Å². The Balaban J connectivity index is 1.53. The van der Waals surface area contributed by atoms with Gasteiger partial charge in [-0.3, -0.25) is 9.59 Å². The predicted octanol–water partition coefficient (Wildman–Crippen LogP) is 3.63. The highest BCUT2D eigenvalue weighted by Gasteiger charge is 2.41. The molecule has 2 aliphatic rings. The van der Waals surface area contributed by atoms with Crippen LogP contribution in [-0.4, -0.2) is 88.9 Å². The van der Waals surface area contributed by atoms with E-state index in [1.54, 1.807) is 11.3 Å². The number of carbonyl (C=O) groups excluding carboxylic acids is 2. The van der Waals surface area contributed by atoms with Crippen molar-refractivity contribution in [3.8, 4) is 16.2 Å². The number of piperidine rings is 1. The maximum atomic E-state index is 13.5. The minimum atomic E-state index is -0.791. The second kappa shape index (κ2) is 14.1. The van der Waals surface area contributed by atoms with E-state index in [1.807, 2.05) is 51.4 Å². The first-order chi connectivity index (χ1) is 19.6. The molecule has 2 aromatic rings. The number of hydrogen-bond donors (Lipinski definition) is 3. The van der Waals surface area contributed by atoms with Gasteiger partial charge in [-0.2, -0.15) is 0 Å². The number of rotatable bonds is 11. The first kappa shape index (κ1) is 31.4. The molecule has 9 nitrogen and oxygen atoms in total. The van der Waals surface area contributed by atoms with Gasteiger partial charge in [-0.1, -0.05) is 32.9 Å². The molecule has 1 aromatic heterocycles. The van der Waals surface area contributed by atoms with Gasteiger partial charge >= 0.3 is 0 Å². The van der Waals surface area contributed by atoms with Crippen LogP contribution in [0.5, 0.6) is 5.75 Å². The Morgan fingerprint density at radius 3 is 2.59 bits per heavy atom. The van der Waals surface area contributed by atoms with Gasteiger partial charge in [-0.05, 0) is 69.8 Å². The Hall–Kier alpha value is -2.53. The average Bonchev–Trinajstić information content (AvgIpc) is 3.57. The number of aryl methyl sites for hydroxylation is 1. The van der Waals surface area contributed by atoms with Crippen LogP contribution in [0.15, 0.2) is 23.7 Å². The highest BCUT2D eigenvalue weighted by atomic mass is 32.1. The number of ether oxygens (including phenoxy) is 1. The molecule has 4 unspecified atom stereocenters. The molecule has 2 fully saturated rings. The summed E-state index contributed by atoms with van der Waals surface area (Å²) in [5.74, 6) is 0.556. The van der Waals surface area contributed by atoms with Gasteiger partial charge < -0.3 is 30.1 Å². The quantitative estimate of drug-likeness (QED) is 0.368. The number of likely N-dealkylation sites (tertiary alicyclic amines) is 2.